The molecule has 1 heterocycles. The Hall–Kier alpha value is -1.97. The first-order chi connectivity index (χ1) is 14.0. The van der Waals surface area contributed by atoms with Gasteiger partial charge < -0.3 is 9.72 Å². The number of hydrogen-bond donors (Lipinski definition) is 1. The highest BCUT2D eigenvalue weighted by atomic mass is 35.5. The third-order valence-corrected chi connectivity index (χ3v) is 5.71. The molecule has 5 heteroatoms. The Kier molecular flexibility index (Phi) is 6.84. The summed E-state index contributed by atoms with van der Waals surface area (Å²) in [5.74, 6) is 1.75. The predicted molar refractivity (Wildman–Crippen MR) is 126 cm³/mol. The number of H-pyrrole nitrogens is 1. The highest BCUT2D eigenvalue weighted by Gasteiger charge is 2.28. The molecule has 30 heavy (non-hydrogen) atoms. The molecule has 0 radical (unpaired) electrons. The van der Waals surface area contributed by atoms with Crippen LogP contribution >= 0.6 is 23.2 Å². The zero-order chi connectivity index (χ0) is 21.9. The largest absolute Gasteiger partial charge is 0.489 e. The van der Waals surface area contributed by atoms with Gasteiger partial charge in [0.15, 0.2) is 0 Å². The van der Waals surface area contributed by atoms with E-state index in [0.29, 0.717) is 23.1 Å². The summed E-state index contributed by atoms with van der Waals surface area (Å²) in [6, 6.07) is 12.0. The summed E-state index contributed by atoms with van der Waals surface area (Å²) < 4.78 is 6.19. The maximum absolute atomic E-state index is 6.32. The Morgan fingerprint density at radius 3 is 2.37 bits per heavy atom. The van der Waals surface area contributed by atoms with Crippen LogP contribution in [0.2, 0.25) is 10.0 Å². The molecular formula is C25H30Cl2N2O. The number of aromatic amines is 1. The summed E-state index contributed by atoms with van der Waals surface area (Å²) >= 11 is 12.3. The van der Waals surface area contributed by atoms with E-state index in [1.54, 1.807) is 12.3 Å². The number of aromatic nitrogens is 2. The number of nitrogens with one attached hydrogen (secondary N) is 1. The lowest BCUT2D eigenvalue weighted by Gasteiger charge is -2.33. The number of rotatable bonds is 7. The van der Waals surface area contributed by atoms with Gasteiger partial charge in [-0.2, -0.15) is 0 Å². The van der Waals surface area contributed by atoms with E-state index in [1.165, 1.54) is 5.56 Å². The molecule has 3 aromatic rings. The van der Waals surface area contributed by atoms with E-state index in [1.807, 2.05) is 18.3 Å². The fraction of sp³-hybridized carbons (Fsp3) is 0.400. The molecule has 0 unspecified atom stereocenters. The topological polar surface area (TPSA) is 37.9 Å². The van der Waals surface area contributed by atoms with E-state index in [2.05, 4.69) is 62.8 Å². The van der Waals surface area contributed by atoms with Crippen molar-refractivity contribution in [3.8, 4) is 5.75 Å². The van der Waals surface area contributed by atoms with E-state index >= 15 is 0 Å². The smallest absolute Gasteiger partial charge is 0.123 e. The molecule has 0 atom stereocenters. The van der Waals surface area contributed by atoms with Crippen LogP contribution in [0.4, 0.5) is 0 Å². The Morgan fingerprint density at radius 1 is 0.967 bits per heavy atom. The maximum atomic E-state index is 6.32. The summed E-state index contributed by atoms with van der Waals surface area (Å²) in [5, 5.41) is 1.23. The van der Waals surface area contributed by atoms with Gasteiger partial charge in [0.05, 0.1) is 0 Å². The first-order valence-electron chi connectivity index (χ1n) is 10.2. The number of benzene rings is 2. The van der Waals surface area contributed by atoms with E-state index in [9.17, 15) is 0 Å². The van der Waals surface area contributed by atoms with Crippen LogP contribution in [0.25, 0.3) is 0 Å². The molecule has 160 valence electrons. The van der Waals surface area contributed by atoms with Crippen LogP contribution in [0.3, 0.4) is 0 Å². The second kappa shape index (κ2) is 9.03. The highest BCUT2D eigenvalue weighted by Crippen LogP contribution is 2.38. The molecule has 0 amide bonds. The van der Waals surface area contributed by atoms with Crippen molar-refractivity contribution in [1.82, 2.24) is 9.97 Å². The van der Waals surface area contributed by atoms with Gasteiger partial charge in [-0.1, -0.05) is 76.0 Å². The monoisotopic (exact) mass is 444 g/mol. The van der Waals surface area contributed by atoms with Crippen molar-refractivity contribution in [2.45, 2.75) is 59.5 Å². The molecule has 0 spiro atoms. The molecule has 0 fully saturated rings. The zero-order valence-electron chi connectivity index (χ0n) is 18.4. The zero-order valence-corrected chi connectivity index (χ0v) is 19.9. The van der Waals surface area contributed by atoms with Crippen LogP contribution in [-0.4, -0.2) is 9.97 Å². The van der Waals surface area contributed by atoms with Crippen molar-refractivity contribution in [3.63, 3.8) is 0 Å². The third-order valence-electron chi connectivity index (χ3n) is 5.13. The van der Waals surface area contributed by atoms with Crippen molar-refractivity contribution in [2.75, 3.05) is 0 Å². The van der Waals surface area contributed by atoms with Crippen LogP contribution < -0.4 is 4.74 Å². The normalized spacial score (nSPS) is 12.2. The van der Waals surface area contributed by atoms with Gasteiger partial charge in [-0.25, -0.2) is 4.98 Å². The van der Waals surface area contributed by atoms with Gasteiger partial charge >= 0.3 is 0 Å². The number of ether oxygens (including phenoxy) is 1. The number of hydrogen-bond acceptors (Lipinski definition) is 2. The molecule has 3 rings (SSSR count). The summed E-state index contributed by atoms with van der Waals surface area (Å²) in [4.78, 5) is 7.60. The van der Waals surface area contributed by atoms with Crippen LogP contribution in [0.15, 0.2) is 48.8 Å². The van der Waals surface area contributed by atoms with Crippen LogP contribution in [0, 0.1) is 5.41 Å². The van der Waals surface area contributed by atoms with E-state index in [0.717, 1.165) is 29.1 Å². The van der Waals surface area contributed by atoms with Gasteiger partial charge in [0.1, 0.15) is 18.2 Å². The van der Waals surface area contributed by atoms with Gasteiger partial charge in [0.25, 0.3) is 0 Å². The molecule has 0 saturated carbocycles. The molecule has 0 bridgehead atoms. The van der Waals surface area contributed by atoms with Crippen molar-refractivity contribution in [3.05, 3.63) is 81.4 Å². The molecular weight excluding hydrogens is 415 g/mol. The van der Waals surface area contributed by atoms with E-state index in [4.69, 9.17) is 27.9 Å². The Labute approximate surface area is 189 Å². The van der Waals surface area contributed by atoms with Crippen LogP contribution in [0.5, 0.6) is 5.75 Å². The Bertz CT molecular complexity index is 989. The van der Waals surface area contributed by atoms with Gasteiger partial charge in [-0.05, 0) is 41.0 Å². The lowest BCUT2D eigenvalue weighted by Crippen LogP contribution is -2.25. The second-order valence-electron chi connectivity index (χ2n) is 9.68. The van der Waals surface area contributed by atoms with Gasteiger partial charge in [-0.15, -0.1) is 0 Å². The van der Waals surface area contributed by atoms with Crippen molar-refractivity contribution in [2.24, 2.45) is 5.41 Å². The summed E-state index contributed by atoms with van der Waals surface area (Å²) in [6.45, 7) is 11.8. The number of imidazole rings is 1. The predicted octanol–water partition coefficient (Wildman–Crippen LogP) is 7.60. The van der Waals surface area contributed by atoms with Gasteiger partial charge in [-0.3, -0.25) is 0 Å². The highest BCUT2D eigenvalue weighted by molar-refractivity contribution is 6.35. The molecule has 3 nitrogen and oxygen atoms in total. The standard InChI is InChI=1S/C25H30Cl2N2O/c1-24(2,3)16-25(4,5)19-7-9-22(18(12-19)13-23-28-10-11-29-23)30-15-17-6-8-20(26)14-21(17)27/h6-12,14H,13,15-16H2,1-5H3,(H,28,29). The minimum absolute atomic E-state index is 0.0498. The second-order valence-corrected chi connectivity index (χ2v) is 10.5. The Morgan fingerprint density at radius 2 is 1.73 bits per heavy atom. The minimum Gasteiger partial charge on any atom is -0.489 e. The maximum Gasteiger partial charge on any atom is 0.123 e. The average Bonchev–Trinajstić information content (AvgIpc) is 3.13. The number of nitrogens with zero attached hydrogens (tertiary/aromatic N) is 1. The molecule has 0 saturated heterocycles. The van der Waals surface area contributed by atoms with E-state index in [-0.39, 0.29) is 10.8 Å². The minimum atomic E-state index is 0.0498. The molecule has 1 aromatic heterocycles. The number of halogens is 2. The first-order valence-corrected chi connectivity index (χ1v) is 11.0. The molecule has 0 aliphatic heterocycles. The molecule has 0 aliphatic carbocycles. The van der Waals surface area contributed by atoms with Crippen LogP contribution in [-0.2, 0) is 18.4 Å². The third kappa shape index (κ3) is 6.02. The van der Waals surface area contributed by atoms with Gasteiger partial charge in [0, 0.05) is 40.0 Å². The lowest BCUT2D eigenvalue weighted by atomic mass is 9.72. The van der Waals surface area contributed by atoms with Crippen LogP contribution in [0.1, 0.15) is 63.6 Å². The van der Waals surface area contributed by atoms with E-state index < -0.39 is 0 Å². The van der Waals surface area contributed by atoms with Crippen molar-refractivity contribution >= 4 is 23.2 Å². The van der Waals surface area contributed by atoms with Crippen molar-refractivity contribution < 1.29 is 4.74 Å². The Balaban J connectivity index is 1.89. The molecule has 0 aliphatic rings. The summed E-state index contributed by atoms with van der Waals surface area (Å²) in [6.07, 6.45) is 5.38. The van der Waals surface area contributed by atoms with Gasteiger partial charge in [0.2, 0.25) is 0 Å². The first kappa shape index (κ1) is 22.7. The fourth-order valence-corrected chi connectivity index (χ4v) is 4.54. The molecule has 1 N–H and O–H groups in total. The summed E-state index contributed by atoms with van der Waals surface area (Å²) in [7, 11) is 0. The summed E-state index contributed by atoms with van der Waals surface area (Å²) in [5.41, 5.74) is 3.60. The average molecular weight is 445 g/mol. The quantitative estimate of drug-likeness (QED) is 0.407. The molecule has 2 aromatic carbocycles. The lowest BCUT2D eigenvalue weighted by molar-refractivity contribution is 0.282. The SMILES string of the molecule is CC(C)(C)CC(C)(C)c1ccc(OCc2ccc(Cl)cc2Cl)c(Cc2ncc[nH]2)c1. The van der Waals surface area contributed by atoms with Crippen molar-refractivity contribution in [1.29, 1.82) is 0 Å². The fourth-order valence-electron chi connectivity index (χ4n) is 4.08.